The summed E-state index contributed by atoms with van der Waals surface area (Å²) in [6.07, 6.45) is -0.259. The SMILES string of the molecule is c1ccc(C2=NC(c3ccccc3)NC(c3ccc4oc5ccc(-c6ccc7c(c6)c6ccccc6n7-c6ccccc6)cc5c4c3)=N2)cc1. The van der Waals surface area contributed by atoms with Crippen LogP contribution in [0.3, 0.4) is 0 Å². The van der Waals surface area contributed by atoms with E-state index >= 15 is 0 Å². The van der Waals surface area contributed by atoms with Gasteiger partial charge in [-0.3, -0.25) is 0 Å². The molecule has 50 heavy (non-hydrogen) atoms. The van der Waals surface area contributed by atoms with Gasteiger partial charge < -0.3 is 14.3 Å². The van der Waals surface area contributed by atoms with E-state index in [2.05, 4.69) is 137 Å². The standard InChI is InChI=1S/C45H30N4O/c1-4-12-29(13-5-1)43-46-44(30-14-6-2-7-15-30)48-45(47-43)33-22-25-42-38(28-33)37-27-32(21-24-41(37)50-42)31-20-23-40-36(26-31)35-18-10-11-19-39(35)49(40)34-16-8-3-9-17-34/h1-28,43H,(H,46,47,48). The molecule has 2 aromatic heterocycles. The minimum Gasteiger partial charge on any atom is -0.456 e. The molecule has 236 valence electrons. The third-order valence-corrected chi connectivity index (χ3v) is 9.65. The van der Waals surface area contributed by atoms with Crippen molar-refractivity contribution in [3.8, 4) is 16.8 Å². The minimum atomic E-state index is -0.259. The molecule has 0 amide bonds. The molecule has 3 heterocycles. The average molecular weight is 643 g/mol. The van der Waals surface area contributed by atoms with Gasteiger partial charge in [0, 0.05) is 38.4 Å². The Kier molecular flexibility index (Phi) is 6.49. The Morgan fingerprint density at radius 3 is 1.82 bits per heavy atom. The van der Waals surface area contributed by atoms with Gasteiger partial charge in [0.15, 0.2) is 5.84 Å². The summed E-state index contributed by atoms with van der Waals surface area (Å²) in [5.41, 5.74) is 10.6. The van der Waals surface area contributed by atoms with E-state index in [1.54, 1.807) is 0 Å². The van der Waals surface area contributed by atoms with Crippen LogP contribution in [0.15, 0.2) is 184 Å². The van der Waals surface area contributed by atoms with E-state index < -0.39 is 0 Å². The Balaban J connectivity index is 1.08. The highest BCUT2D eigenvalue weighted by Gasteiger charge is 2.22. The first-order valence-corrected chi connectivity index (χ1v) is 16.9. The summed E-state index contributed by atoms with van der Waals surface area (Å²) in [6.45, 7) is 0. The summed E-state index contributed by atoms with van der Waals surface area (Å²) in [5.74, 6) is 1.48. The van der Waals surface area contributed by atoms with E-state index in [1.165, 1.54) is 21.8 Å². The first-order chi connectivity index (χ1) is 24.8. The van der Waals surface area contributed by atoms with Crippen molar-refractivity contribution >= 4 is 55.4 Å². The zero-order valence-corrected chi connectivity index (χ0v) is 27.0. The molecule has 0 saturated heterocycles. The summed E-state index contributed by atoms with van der Waals surface area (Å²) in [5, 5.41) is 8.18. The van der Waals surface area contributed by atoms with Gasteiger partial charge in [-0.15, -0.1) is 0 Å². The van der Waals surface area contributed by atoms with Crippen LogP contribution in [0.2, 0.25) is 0 Å². The second kappa shape index (κ2) is 11.5. The largest absolute Gasteiger partial charge is 0.456 e. The number of rotatable bonds is 5. The molecule has 10 rings (SSSR count). The summed E-state index contributed by atoms with van der Waals surface area (Å²) < 4.78 is 8.71. The predicted molar refractivity (Wildman–Crippen MR) is 205 cm³/mol. The Morgan fingerprint density at radius 2 is 1.06 bits per heavy atom. The van der Waals surface area contributed by atoms with Crippen LogP contribution in [0.25, 0.3) is 60.6 Å². The van der Waals surface area contributed by atoms with Crippen molar-refractivity contribution in [3.05, 3.63) is 187 Å². The number of fused-ring (bicyclic) bond motifs is 6. The van der Waals surface area contributed by atoms with E-state index in [4.69, 9.17) is 14.4 Å². The Bertz CT molecular complexity index is 2780. The highest BCUT2D eigenvalue weighted by Crippen LogP contribution is 2.37. The van der Waals surface area contributed by atoms with Crippen molar-refractivity contribution < 1.29 is 4.42 Å². The van der Waals surface area contributed by atoms with Crippen LogP contribution < -0.4 is 5.32 Å². The molecule has 0 aliphatic carbocycles. The number of hydrogen-bond acceptors (Lipinski definition) is 4. The minimum absolute atomic E-state index is 0.259. The number of aromatic nitrogens is 1. The number of furan rings is 1. The fraction of sp³-hybridized carbons (Fsp3) is 0.0222. The molecular formula is C45H30N4O. The number of aliphatic imine (C=N–C) groups is 2. The van der Waals surface area contributed by atoms with E-state index in [1.807, 2.05) is 42.5 Å². The molecule has 0 fully saturated rings. The van der Waals surface area contributed by atoms with Crippen molar-refractivity contribution in [2.45, 2.75) is 6.17 Å². The molecule has 5 heteroatoms. The first kappa shape index (κ1) is 28.3. The van der Waals surface area contributed by atoms with Crippen molar-refractivity contribution in [2.75, 3.05) is 0 Å². The molecule has 1 unspecified atom stereocenters. The number of para-hydroxylation sites is 2. The van der Waals surface area contributed by atoms with Crippen molar-refractivity contribution in [3.63, 3.8) is 0 Å². The second-order valence-corrected chi connectivity index (χ2v) is 12.7. The summed E-state index contributed by atoms with van der Waals surface area (Å²) in [6, 6.07) is 59.3. The van der Waals surface area contributed by atoms with Crippen LogP contribution in [0.4, 0.5) is 0 Å². The Labute approximate surface area is 288 Å². The Hall–Kier alpha value is -6.72. The highest BCUT2D eigenvalue weighted by atomic mass is 16.3. The Morgan fingerprint density at radius 1 is 0.480 bits per heavy atom. The van der Waals surface area contributed by atoms with Gasteiger partial charge in [0.1, 0.15) is 23.2 Å². The molecule has 1 aliphatic rings. The third kappa shape index (κ3) is 4.71. The number of benzene rings is 7. The van der Waals surface area contributed by atoms with Crippen molar-refractivity contribution in [2.24, 2.45) is 9.98 Å². The normalized spacial score (nSPS) is 14.6. The van der Waals surface area contributed by atoms with Crippen LogP contribution in [0, 0.1) is 0 Å². The molecule has 9 aromatic rings. The monoisotopic (exact) mass is 642 g/mol. The van der Waals surface area contributed by atoms with Crippen LogP contribution in [-0.4, -0.2) is 16.2 Å². The zero-order chi connectivity index (χ0) is 33.0. The average Bonchev–Trinajstić information content (AvgIpc) is 3.73. The predicted octanol–water partition coefficient (Wildman–Crippen LogP) is 10.8. The molecule has 0 spiro atoms. The lowest BCUT2D eigenvalue weighted by Crippen LogP contribution is -2.33. The van der Waals surface area contributed by atoms with Crippen LogP contribution in [0.1, 0.15) is 22.9 Å². The van der Waals surface area contributed by atoms with Gasteiger partial charge in [0.05, 0.1) is 11.0 Å². The molecule has 7 aromatic carbocycles. The van der Waals surface area contributed by atoms with E-state index in [-0.39, 0.29) is 6.17 Å². The molecule has 1 N–H and O–H groups in total. The van der Waals surface area contributed by atoms with Gasteiger partial charge in [-0.05, 0) is 77.4 Å². The number of nitrogens with zero attached hydrogens (tertiary/aromatic N) is 3. The van der Waals surface area contributed by atoms with E-state index in [0.29, 0.717) is 5.84 Å². The quantitative estimate of drug-likeness (QED) is 0.203. The first-order valence-electron chi connectivity index (χ1n) is 16.9. The summed E-state index contributed by atoms with van der Waals surface area (Å²) in [7, 11) is 0. The molecule has 1 atom stereocenters. The van der Waals surface area contributed by atoms with Crippen molar-refractivity contribution in [1.82, 2.24) is 9.88 Å². The van der Waals surface area contributed by atoms with E-state index in [0.717, 1.165) is 61.3 Å². The number of nitrogens with one attached hydrogen (secondary N) is 1. The second-order valence-electron chi connectivity index (χ2n) is 12.7. The lowest BCUT2D eigenvalue weighted by Gasteiger charge is -2.23. The maximum absolute atomic E-state index is 6.36. The summed E-state index contributed by atoms with van der Waals surface area (Å²) >= 11 is 0. The highest BCUT2D eigenvalue weighted by molar-refractivity contribution is 6.16. The lowest BCUT2D eigenvalue weighted by atomic mass is 10.00. The maximum atomic E-state index is 6.36. The number of hydrogen-bond donors (Lipinski definition) is 1. The summed E-state index contributed by atoms with van der Waals surface area (Å²) in [4.78, 5) is 10.0. The molecule has 1 aliphatic heterocycles. The molecule has 0 radical (unpaired) electrons. The van der Waals surface area contributed by atoms with Crippen molar-refractivity contribution in [1.29, 1.82) is 0 Å². The molecular weight excluding hydrogens is 613 g/mol. The topological polar surface area (TPSA) is 54.8 Å². The molecule has 0 saturated carbocycles. The van der Waals surface area contributed by atoms with Crippen LogP contribution in [0.5, 0.6) is 0 Å². The van der Waals surface area contributed by atoms with Gasteiger partial charge in [-0.1, -0.05) is 109 Å². The fourth-order valence-electron chi connectivity index (χ4n) is 7.23. The molecule has 5 nitrogen and oxygen atoms in total. The maximum Gasteiger partial charge on any atom is 0.159 e. The lowest BCUT2D eigenvalue weighted by molar-refractivity contribution is 0.668. The van der Waals surface area contributed by atoms with Gasteiger partial charge >= 0.3 is 0 Å². The smallest absolute Gasteiger partial charge is 0.159 e. The molecule has 0 bridgehead atoms. The fourth-order valence-corrected chi connectivity index (χ4v) is 7.23. The van der Waals surface area contributed by atoms with Gasteiger partial charge in [0.25, 0.3) is 0 Å². The van der Waals surface area contributed by atoms with Gasteiger partial charge in [-0.2, -0.15) is 0 Å². The van der Waals surface area contributed by atoms with Gasteiger partial charge in [0.2, 0.25) is 0 Å². The third-order valence-electron chi connectivity index (χ3n) is 9.65. The zero-order valence-electron chi connectivity index (χ0n) is 27.0. The van der Waals surface area contributed by atoms with Gasteiger partial charge in [-0.25, -0.2) is 9.98 Å². The van der Waals surface area contributed by atoms with E-state index in [9.17, 15) is 0 Å². The van der Waals surface area contributed by atoms with Crippen LogP contribution in [-0.2, 0) is 0 Å². The number of amidine groups is 2. The van der Waals surface area contributed by atoms with Crippen LogP contribution >= 0.6 is 0 Å².